The minimum atomic E-state index is -0.0488. The molecule has 4 rings (SSSR count). The van der Waals surface area contributed by atoms with Gasteiger partial charge in [0.15, 0.2) is 5.75 Å². The molecular weight excluding hydrogens is 356 g/mol. The fraction of sp³-hybridized carbons (Fsp3) is 0.190. The molecule has 3 aromatic rings. The molecule has 0 bridgehead atoms. The molecule has 0 unspecified atom stereocenters. The van der Waals surface area contributed by atoms with Crippen LogP contribution in [0.5, 0.6) is 11.6 Å². The number of hydrogen-bond donors (Lipinski definition) is 0. The molecule has 0 saturated heterocycles. The molecule has 0 aliphatic carbocycles. The van der Waals surface area contributed by atoms with E-state index in [9.17, 15) is 4.79 Å². The van der Waals surface area contributed by atoms with Crippen LogP contribution in [0.3, 0.4) is 0 Å². The fourth-order valence-electron chi connectivity index (χ4n) is 3.27. The molecule has 1 aliphatic rings. The SMILES string of the molecule is C#CCn1cc(N2Cc3cc(-c4cnc(OC)c(OC)c4)ccc3C2=O)cn1. The van der Waals surface area contributed by atoms with Crippen molar-refractivity contribution in [2.75, 3.05) is 19.1 Å². The molecule has 0 saturated carbocycles. The van der Waals surface area contributed by atoms with E-state index in [0.29, 0.717) is 30.3 Å². The first-order chi connectivity index (χ1) is 13.6. The van der Waals surface area contributed by atoms with E-state index in [1.165, 1.54) is 0 Å². The number of ether oxygens (including phenoxy) is 2. The number of carbonyl (C=O) groups excluding carboxylic acids is 1. The molecule has 0 radical (unpaired) electrons. The van der Waals surface area contributed by atoms with Gasteiger partial charge in [-0.15, -0.1) is 6.42 Å². The van der Waals surface area contributed by atoms with Gasteiger partial charge in [-0.25, -0.2) is 4.98 Å². The van der Waals surface area contributed by atoms with Gasteiger partial charge in [0.25, 0.3) is 11.8 Å². The molecule has 28 heavy (non-hydrogen) atoms. The molecule has 3 heterocycles. The lowest BCUT2D eigenvalue weighted by Crippen LogP contribution is -2.22. The Bertz CT molecular complexity index is 1100. The molecule has 0 spiro atoms. The smallest absolute Gasteiger partial charge is 0.259 e. The van der Waals surface area contributed by atoms with Crippen LogP contribution in [0.15, 0.2) is 42.9 Å². The predicted molar refractivity (Wildman–Crippen MR) is 104 cm³/mol. The molecule has 2 aromatic heterocycles. The molecular formula is C21H18N4O3. The Balaban J connectivity index is 1.64. The summed E-state index contributed by atoms with van der Waals surface area (Å²) in [6.07, 6.45) is 10.5. The zero-order valence-electron chi connectivity index (χ0n) is 15.5. The summed E-state index contributed by atoms with van der Waals surface area (Å²) in [6, 6.07) is 7.62. The lowest BCUT2D eigenvalue weighted by atomic mass is 10.0. The van der Waals surface area contributed by atoms with Crippen molar-refractivity contribution < 1.29 is 14.3 Å². The fourth-order valence-corrected chi connectivity index (χ4v) is 3.27. The largest absolute Gasteiger partial charge is 0.491 e. The van der Waals surface area contributed by atoms with Crippen LogP contribution in [-0.4, -0.2) is 34.9 Å². The van der Waals surface area contributed by atoms with E-state index in [1.807, 2.05) is 24.3 Å². The van der Waals surface area contributed by atoms with Crippen molar-refractivity contribution in [1.82, 2.24) is 14.8 Å². The van der Waals surface area contributed by atoms with Gasteiger partial charge in [0.05, 0.1) is 32.6 Å². The number of hydrogen-bond acceptors (Lipinski definition) is 5. The Labute approximate surface area is 162 Å². The molecule has 0 N–H and O–H groups in total. The van der Waals surface area contributed by atoms with E-state index in [2.05, 4.69) is 16.0 Å². The number of terminal acetylenes is 1. The van der Waals surface area contributed by atoms with Crippen molar-refractivity contribution in [2.24, 2.45) is 0 Å². The topological polar surface area (TPSA) is 69.5 Å². The highest BCUT2D eigenvalue weighted by molar-refractivity contribution is 6.10. The first-order valence-corrected chi connectivity index (χ1v) is 8.63. The average Bonchev–Trinajstić information content (AvgIpc) is 3.31. The number of benzene rings is 1. The van der Waals surface area contributed by atoms with Crippen LogP contribution < -0.4 is 14.4 Å². The van der Waals surface area contributed by atoms with Gasteiger partial charge >= 0.3 is 0 Å². The standard InChI is InChI=1S/C21H18N4O3/c1-4-7-24-13-17(11-23-24)25-12-16-8-14(5-6-18(16)21(25)26)15-9-19(27-2)20(28-3)22-10-15/h1,5-6,8-11,13H,7,12H2,2-3H3. The molecule has 0 atom stereocenters. The summed E-state index contributed by atoms with van der Waals surface area (Å²) in [6.45, 7) is 0.843. The second-order valence-corrected chi connectivity index (χ2v) is 6.30. The minimum absolute atomic E-state index is 0.0488. The third-order valence-corrected chi connectivity index (χ3v) is 4.66. The van der Waals surface area contributed by atoms with Gasteiger partial charge in [0.2, 0.25) is 0 Å². The number of amides is 1. The van der Waals surface area contributed by atoms with Crippen LogP contribution in [0.4, 0.5) is 5.69 Å². The summed E-state index contributed by atoms with van der Waals surface area (Å²) in [4.78, 5) is 18.8. The molecule has 140 valence electrons. The average molecular weight is 374 g/mol. The summed E-state index contributed by atoms with van der Waals surface area (Å²) in [5.74, 6) is 3.47. The van der Waals surface area contributed by atoms with Gasteiger partial charge in [-0.3, -0.25) is 9.48 Å². The number of fused-ring (bicyclic) bond motifs is 1. The van der Waals surface area contributed by atoms with Crippen molar-refractivity contribution in [2.45, 2.75) is 13.1 Å². The van der Waals surface area contributed by atoms with Crippen LogP contribution in [0.25, 0.3) is 11.1 Å². The second kappa shape index (κ2) is 7.08. The van der Waals surface area contributed by atoms with Crippen molar-refractivity contribution in [3.63, 3.8) is 0 Å². The predicted octanol–water partition coefficient (Wildman–Crippen LogP) is 2.76. The van der Waals surface area contributed by atoms with Crippen LogP contribution in [-0.2, 0) is 13.1 Å². The Hall–Kier alpha value is -3.79. The van der Waals surface area contributed by atoms with Gasteiger partial charge in [-0.1, -0.05) is 12.0 Å². The van der Waals surface area contributed by atoms with Crippen LogP contribution >= 0.6 is 0 Å². The van der Waals surface area contributed by atoms with Gasteiger partial charge in [-0.05, 0) is 29.3 Å². The second-order valence-electron chi connectivity index (χ2n) is 6.30. The maximum Gasteiger partial charge on any atom is 0.259 e. The Morgan fingerprint density at radius 3 is 2.79 bits per heavy atom. The number of rotatable bonds is 5. The van der Waals surface area contributed by atoms with Crippen LogP contribution in [0, 0.1) is 12.3 Å². The number of methoxy groups -OCH3 is 2. The third kappa shape index (κ3) is 2.95. The number of carbonyl (C=O) groups is 1. The summed E-state index contributed by atoms with van der Waals surface area (Å²) in [7, 11) is 3.12. The highest BCUT2D eigenvalue weighted by Crippen LogP contribution is 2.34. The molecule has 0 fully saturated rings. The van der Waals surface area contributed by atoms with E-state index >= 15 is 0 Å². The van der Waals surface area contributed by atoms with Crippen LogP contribution in [0.1, 0.15) is 15.9 Å². The molecule has 7 heteroatoms. The quantitative estimate of drug-likeness (QED) is 0.643. The number of aromatic nitrogens is 3. The van der Waals surface area contributed by atoms with E-state index < -0.39 is 0 Å². The molecule has 1 amide bonds. The lowest BCUT2D eigenvalue weighted by Gasteiger charge is -2.12. The van der Waals surface area contributed by atoms with E-state index in [1.54, 1.807) is 42.4 Å². The normalized spacial score (nSPS) is 12.6. The number of pyridine rings is 1. The van der Waals surface area contributed by atoms with E-state index in [4.69, 9.17) is 15.9 Å². The van der Waals surface area contributed by atoms with Crippen molar-refractivity contribution in [3.05, 3.63) is 54.0 Å². The minimum Gasteiger partial charge on any atom is -0.491 e. The maximum atomic E-state index is 12.8. The monoisotopic (exact) mass is 374 g/mol. The number of nitrogens with zero attached hydrogens (tertiary/aromatic N) is 4. The third-order valence-electron chi connectivity index (χ3n) is 4.66. The summed E-state index contributed by atoms with van der Waals surface area (Å²) < 4.78 is 12.2. The molecule has 7 nitrogen and oxygen atoms in total. The van der Waals surface area contributed by atoms with Crippen molar-refractivity contribution in [1.29, 1.82) is 0 Å². The highest BCUT2D eigenvalue weighted by Gasteiger charge is 2.29. The van der Waals surface area contributed by atoms with Gasteiger partial charge in [-0.2, -0.15) is 5.10 Å². The Kier molecular flexibility index (Phi) is 4.45. The molecule has 1 aliphatic heterocycles. The Morgan fingerprint density at radius 2 is 2.04 bits per heavy atom. The maximum absolute atomic E-state index is 12.8. The van der Waals surface area contributed by atoms with E-state index in [0.717, 1.165) is 22.4 Å². The summed E-state index contributed by atoms with van der Waals surface area (Å²) in [5, 5.41) is 4.19. The first-order valence-electron chi connectivity index (χ1n) is 8.63. The summed E-state index contributed by atoms with van der Waals surface area (Å²) >= 11 is 0. The van der Waals surface area contributed by atoms with Crippen LogP contribution in [0.2, 0.25) is 0 Å². The van der Waals surface area contributed by atoms with Crippen molar-refractivity contribution in [3.8, 4) is 35.1 Å². The van der Waals surface area contributed by atoms with Gasteiger partial charge in [0, 0.05) is 23.5 Å². The molecule has 1 aromatic carbocycles. The first kappa shape index (κ1) is 17.6. The van der Waals surface area contributed by atoms with Gasteiger partial charge in [0.1, 0.15) is 6.54 Å². The zero-order chi connectivity index (χ0) is 19.7. The Morgan fingerprint density at radius 1 is 1.18 bits per heavy atom. The zero-order valence-corrected chi connectivity index (χ0v) is 15.5. The van der Waals surface area contributed by atoms with Gasteiger partial charge < -0.3 is 14.4 Å². The van der Waals surface area contributed by atoms with Crippen molar-refractivity contribution >= 4 is 11.6 Å². The highest BCUT2D eigenvalue weighted by atomic mass is 16.5. The lowest BCUT2D eigenvalue weighted by molar-refractivity contribution is 0.0996. The summed E-state index contributed by atoms with van der Waals surface area (Å²) in [5.41, 5.74) is 4.19. The number of anilines is 1. The van der Waals surface area contributed by atoms with E-state index in [-0.39, 0.29) is 5.91 Å².